The first-order chi connectivity index (χ1) is 8.04. The van der Waals surface area contributed by atoms with E-state index in [4.69, 9.17) is 0 Å². The van der Waals surface area contributed by atoms with E-state index in [2.05, 4.69) is 22.8 Å². The van der Waals surface area contributed by atoms with E-state index in [1.54, 1.807) is 13.8 Å². The Hall–Kier alpha value is -1.09. The molecule has 0 radical (unpaired) electrons. The molecule has 2 N–H and O–H groups in total. The Bertz CT molecular complexity index is 347. The summed E-state index contributed by atoms with van der Waals surface area (Å²) < 4.78 is 13.3. The Labute approximate surface area is 103 Å². The average Bonchev–Trinajstić information content (AvgIpc) is 2.79. The molecule has 0 amide bonds. The van der Waals surface area contributed by atoms with E-state index in [9.17, 15) is 4.39 Å². The summed E-state index contributed by atoms with van der Waals surface area (Å²) in [5, 5.41) is 6.48. The second-order valence-electron chi connectivity index (χ2n) is 5.38. The first kappa shape index (κ1) is 12.4. The molecule has 1 aromatic rings. The van der Waals surface area contributed by atoms with Crippen LogP contribution in [0.25, 0.3) is 0 Å². The number of hydrogen-bond donors (Lipinski definition) is 2. The van der Waals surface area contributed by atoms with Gasteiger partial charge in [0.25, 0.3) is 0 Å². The lowest BCUT2D eigenvalue weighted by Gasteiger charge is -2.16. The van der Waals surface area contributed by atoms with E-state index < -0.39 is 5.67 Å². The van der Waals surface area contributed by atoms with Crippen LogP contribution >= 0.6 is 0 Å². The number of nitrogens with one attached hydrogen (secondary N) is 2. The fourth-order valence-corrected chi connectivity index (χ4v) is 2.12. The molecule has 3 heteroatoms. The molecule has 1 unspecified atom stereocenters. The van der Waals surface area contributed by atoms with Crippen LogP contribution in [0.3, 0.4) is 0 Å². The van der Waals surface area contributed by atoms with Gasteiger partial charge in [0.15, 0.2) is 0 Å². The molecule has 1 aromatic carbocycles. The maximum Gasteiger partial charge on any atom is 0.122 e. The highest BCUT2D eigenvalue weighted by atomic mass is 19.1. The van der Waals surface area contributed by atoms with Gasteiger partial charge >= 0.3 is 0 Å². The predicted octanol–water partition coefficient (Wildman–Crippen LogP) is 2.92. The molecule has 1 aliphatic rings. The van der Waals surface area contributed by atoms with Crippen molar-refractivity contribution >= 4 is 5.69 Å². The molecule has 2 nitrogen and oxygen atoms in total. The van der Waals surface area contributed by atoms with Gasteiger partial charge in [-0.25, -0.2) is 4.39 Å². The average molecular weight is 236 g/mol. The van der Waals surface area contributed by atoms with Crippen molar-refractivity contribution < 1.29 is 4.39 Å². The molecule has 0 aromatic heterocycles. The minimum atomic E-state index is -1.17. The zero-order valence-electron chi connectivity index (χ0n) is 10.6. The summed E-state index contributed by atoms with van der Waals surface area (Å²) in [6.07, 6.45) is 1.21. The van der Waals surface area contributed by atoms with Crippen LogP contribution in [-0.2, 0) is 0 Å². The third-order valence-electron chi connectivity index (χ3n) is 3.16. The lowest BCUT2D eigenvalue weighted by molar-refractivity contribution is 0.235. The van der Waals surface area contributed by atoms with E-state index in [1.165, 1.54) is 12.0 Å². The molecule has 1 saturated heterocycles. The molecular weight excluding hydrogens is 215 g/mol. The summed E-state index contributed by atoms with van der Waals surface area (Å²) in [7, 11) is 0. The molecule has 2 rings (SSSR count). The highest BCUT2D eigenvalue weighted by molar-refractivity contribution is 5.45. The summed E-state index contributed by atoms with van der Waals surface area (Å²) in [6, 6.07) is 8.37. The molecule has 0 spiro atoms. The lowest BCUT2D eigenvalue weighted by atomic mass is 9.98. The normalized spacial score (nSPS) is 20.5. The van der Waals surface area contributed by atoms with Crippen molar-refractivity contribution in [3.8, 4) is 0 Å². The van der Waals surface area contributed by atoms with Crippen molar-refractivity contribution in [1.82, 2.24) is 5.32 Å². The fraction of sp³-hybridized carbons (Fsp3) is 0.571. The molecule has 17 heavy (non-hydrogen) atoms. The monoisotopic (exact) mass is 236 g/mol. The molecule has 0 aliphatic carbocycles. The van der Waals surface area contributed by atoms with Gasteiger partial charge in [-0.2, -0.15) is 0 Å². The summed E-state index contributed by atoms with van der Waals surface area (Å²) in [6.45, 7) is 5.69. The summed E-state index contributed by atoms with van der Waals surface area (Å²) in [4.78, 5) is 0. The standard InChI is InChI=1S/C14H21FN2/c1-14(2,15)10-17-13-5-3-11(4-6-13)12-7-8-16-9-12/h3-6,12,16-17H,7-10H2,1-2H3. The quantitative estimate of drug-likeness (QED) is 0.840. The van der Waals surface area contributed by atoms with Gasteiger partial charge in [-0.15, -0.1) is 0 Å². The van der Waals surface area contributed by atoms with Crippen molar-refractivity contribution in [3.05, 3.63) is 29.8 Å². The second-order valence-corrected chi connectivity index (χ2v) is 5.38. The van der Waals surface area contributed by atoms with Crippen LogP contribution in [0.2, 0.25) is 0 Å². The topological polar surface area (TPSA) is 24.1 Å². The lowest BCUT2D eigenvalue weighted by Crippen LogP contribution is -2.24. The summed E-state index contributed by atoms with van der Waals surface area (Å²) in [5.74, 6) is 0.640. The van der Waals surface area contributed by atoms with Crippen molar-refractivity contribution in [2.75, 3.05) is 25.0 Å². The fourth-order valence-electron chi connectivity index (χ4n) is 2.12. The first-order valence-corrected chi connectivity index (χ1v) is 6.28. The van der Waals surface area contributed by atoms with Gasteiger partial charge < -0.3 is 10.6 Å². The van der Waals surface area contributed by atoms with Gasteiger partial charge in [0, 0.05) is 18.8 Å². The number of alkyl halides is 1. The van der Waals surface area contributed by atoms with Gasteiger partial charge in [0.2, 0.25) is 0 Å². The molecular formula is C14H21FN2. The molecule has 1 atom stereocenters. The Morgan fingerprint density at radius 2 is 2.06 bits per heavy atom. The zero-order valence-corrected chi connectivity index (χ0v) is 10.6. The van der Waals surface area contributed by atoms with E-state index >= 15 is 0 Å². The molecule has 1 fully saturated rings. The summed E-state index contributed by atoms with van der Waals surface area (Å²) >= 11 is 0. The van der Waals surface area contributed by atoms with Gasteiger partial charge in [-0.1, -0.05) is 12.1 Å². The first-order valence-electron chi connectivity index (χ1n) is 6.28. The molecule has 1 aliphatic heterocycles. The smallest absolute Gasteiger partial charge is 0.122 e. The van der Waals surface area contributed by atoms with E-state index in [0.29, 0.717) is 12.5 Å². The van der Waals surface area contributed by atoms with Gasteiger partial charge in [0.1, 0.15) is 5.67 Å². The number of hydrogen-bond acceptors (Lipinski definition) is 2. The van der Waals surface area contributed by atoms with Crippen LogP contribution in [-0.4, -0.2) is 25.3 Å². The van der Waals surface area contributed by atoms with E-state index in [1.807, 2.05) is 12.1 Å². The van der Waals surface area contributed by atoms with Crippen molar-refractivity contribution in [3.63, 3.8) is 0 Å². The maximum absolute atomic E-state index is 13.3. The van der Waals surface area contributed by atoms with Gasteiger partial charge in [0.05, 0.1) is 0 Å². The maximum atomic E-state index is 13.3. The number of benzene rings is 1. The van der Waals surface area contributed by atoms with Crippen molar-refractivity contribution in [1.29, 1.82) is 0 Å². The van der Waals surface area contributed by atoms with Gasteiger partial charge in [-0.05, 0) is 50.4 Å². The largest absolute Gasteiger partial charge is 0.382 e. The Morgan fingerprint density at radius 3 is 2.59 bits per heavy atom. The van der Waals surface area contributed by atoms with Crippen molar-refractivity contribution in [2.24, 2.45) is 0 Å². The van der Waals surface area contributed by atoms with Crippen molar-refractivity contribution in [2.45, 2.75) is 31.9 Å². The van der Waals surface area contributed by atoms with Crippen LogP contribution in [0.5, 0.6) is 0 Å². The number of rotatable bonds is 4. The third kappa shape index (κ3) is 3.70. The van der Waals surface area contributed by atoms with Crippen LogP contribution in [0.15, 0.2) is 24.3 Å². The molecule has 0 saturated carbocycles. The molecule has 94 valence electrons. The minimum absolute atomic E-state index is 0.345. The highest BCUT2D eigenvalue weighted by Gasteiger charge is 2.17. The Morgan fingerprint density at radius 1 is 1.35 bits per heavy atom. The Balaban J connectivity index is 1.93. The second kappa shape index (κ2) is 5.05. The Kier molecular flexibility index (Phi) is 3.67. The highest BCUT2D eigenvalue weighted by Crippen LogP contribution is 2.23. The zero-order chi connectivity index (χ0) is 12.3. The molecule has 0 bridgehead atoms. The minimum Gasteiger partial charge on any atom is -0.382 e. The van der Waals surface area contributed by atoms with Crippen LogP contribution in [0.4, 0.5) is 10.1 Å². The number of halogens is 1. The number of anilines is 1. The summed E-state index contributed by atoms with van der Waals surface area (Å²) in [5.41, 5.74) is 1.19. The predicted molar refractivity (Wildman–Crippen MR) is 70.3 cm³/mol. The van der Waals surface area contributed by atoms with E-state index in [-0.39, 0.29) is 0 Å². The SMILES string of the molecule is CC(C)(F)CNc1ccc(C2CCNC2)cc1. The van der Waals surface area contributed by atoms with Crippen LogP contribution < -0.4 is 10.6 Å². The third-order valence-corrected chi connectivity index (χ3v) is 3.16. The molecule has 1 heterocycles. The van der Waals surface area contributed by atoms with E-state index in [0.717, 1.165) is 18.8 Å². The van der Waals surface area contributed by atoms with Crippen LogP contribution in [0.1, 0.15) is 31.7 Å². The van der Waals surface area contributed by atoms with Gasteiger partial charge in [-0.3, -0.25) is 0 Å². The van der Waals surface area contributed by atoms with Crippen LogP contribution in [0, 0.1) is 0 Å².